The number of rotatable bonds is 16. The lowest BCUT2D eigenvalue weighted by atomic mass is 10.1. The standard InChI is InChI=1S/C20H38N2O3/c1-3-5-7-9-11-13-17-22-19(23)15-16-20(24)25-18(21)14-12-10-8-6-4-2/h15-16,18H,3-14,17,21H2,1-2H3,(H,22,23)/b16-15-. The Hall–Kier alpha value is -1.36. The molecule has 0 aliphatic carbocycles. The fourth-order valence-corrected chi connectivity index (χ4v) is 2.52. The molecule has 0 radical (unpaired) electrons. The number of amides is 1. The molecule has 5 nitrogen and oxygen atoms in total. The predicted molar refractivity (Wildman–Crippen MR) is 103 cm³/mol. The summed E-state index contributed by atoms with van der Waals surface area (Å²) >= 11 is 0. The first-order chi connectivity index (χ1) is 12.1. The van der Waals surface area contributed by atoms with E-state index in [0.29, 0.717) is 13.0 Å². The van der Waals surface area contributed by atoms with Crippen molar-refractivity contribution in [2.75, 3.05) is 6.54 Å². The molecule has 25 heavy (non-hydrogen) atoms. The largest absolute Gasteiger partial charge is 0.444 e. The molecular weight excluding hydrogens is 316 g/mol. The van der Waals surface area contributed by atoms with Crippen LogP contribution in [0.2, 0.25) is 0 Å². The van der Waals surface area contributed by atoms with Crippen LogP contribution >= 0.6 is 0 Å². The third kappa shape index (κ3) is 17.3. The van der Waals surface area contributed by atoms with Gasteiger partial charge in [-0.3, -0.25) is 10.5 Å². The molecule has 1 amide bonds. The number of hydrogen-bond acceptors (Lipinski definition) is 4. The first kappa shape index (κ1) is 23.6. The molecule has 146 valence electrons. The summed E-state index contributed by atoms with van der Waals surface area (Å²) < 4.78 is 5.06. The SMILES string of the molecule is CCCCCCCCNC(=O)/C=C\C(=O)OC(N)CCCCCCC. The molecule has 0 spiro atoms. The maximum atomic E-state index is 11.6. The van der Waals surface area contributed by atoms with Gasteiger partial charge in [-0.25, -0.2) is 4.79 Å². The fourth-order valence-electron chi connectivity index (χ4n) is 2.52. The van der Waals surface area contributed by atoms with Crippen LogP contribution in [0.5, 0.6) is 0 Å². The molecule has 0 heterocycles. The van der Waals surface area contributed by atoms with Crippen molar-refractivity contribution in [1.29, 1.82) is 0 Å². The molecule has 0 aromatic rings. The zero-order valence-corrected chi connectivity index (χ0v) is 16.2. The molecule has 0 saturated heterocycles. The van der Waals surface area contributed by atoms with E-state index < -0.39 is 12.2 Å². The van der Waals surface area contributed by atoms with Gasteiger partial charge in [0.1, 0.15) is 0 Å². The Balaban J connectivity index is 3.66. The number of carbonyl (C=O) groups is 2. The van der Waals surface area contributed by atoms with Gasteiger partial charge in [0.15, 0.2) is 6.23 Å². The maximum absolute atomic E-state index is 11.6. The van der Waals surface area contributed by atoms with Gasteiger partial charge in [-0.05, 0) is 19.3 Å². The molecule has 1 atom stereocenters. The molecule has 0 fully saturated rings. The average molecular weight is 355 g/mol. The van der Waals surface area contributed by atoms with Crippen molar-refractivity contribution < 1.29 is 14.3 Å². The number of hydrogen-bond donors (Lipinski definition) is 2. The Labute approximate surface area is 153 Å². The second-order valence-corrected chi connectivity index (χ2v) is 6.57. The molecule has 0 aliphatic rings. The summed E-state index contributed by atoms with van der Waals surface area (Å²) in [7, 11) is 0. The van der Waals surface area contributed by atoms with Crippen LogP contribution in [0.15, 0.2) is 12.2 Å². The minimum atomic E-state index is -0.593. The van der Waals surface area contributed by atoms with Crippen molar-refractivity contribution in [2.45, 2.75) is 97.1 Å². The van der Waals surface area contributed by atoms with Crippen LogP contribution in [0.25, 0.3) is 0 Å². The van der Waals surface area contributed by atoms with E-state index in [0.717, 1.165) is 31.8 Å². The van der Waals surface area contributed by atoms with E-state index in [9.17, 15) is 9.59 Å². The van der Waals surface area contributed by atoms with Gasteiger partial charge in [-0.15, -0.1) is 0 Å². The first-order valence-electron chi connectivity index (χ1n) is 10.0. The van der Waals surface area contributed by atoms with E-state index in [1.165, 1.54) is 51.0 Å². The minimum Gasteiger partial charge on any atom is -0.444 e. The predicted octanol–water partition coefficient (Wildman–Crippen LogP) is 4.21. The van der Waals surface area contributed by atoms with Crippen molar-refractivity contribution in [1.82, 2.24) is 5.32 Å². The third-order valence-corrected chi connectivity index (χ3v) is 4.06. The van der Waals surface area contributed by atoms with Gasteiger partial charge in [0, 0.05) is 18.7 Å². The Bertz CT molecular complexity index is 370. The molecule has 5 heteroatoms. The van der Waals surface area contributed by atoms with Gasteiger partial charge in [0.25, 0.3) is 0 Å². The van der Waals surface area contributed by atoms with Crippen LogP contribution < -0.4 is 11.1 Å². The summed E-state index contributed by atoms with van der Waals surface area (Å²) in [6.45, 7) is 5.00. The average Bonchev–Trinajstić information content (AvgIpc) is 2.59. The van der Waals surface area contributed by atoms with Gasteiger partial charge >= 0.3 is 5.97 Å². The number of nitrogens with one attached hydrogen (secondary N) is 1. The lowest BCUT2D eigenvalue weighted by Crippen LogP contribution is -2.27. The summed E-state index contributed by atoms with van der Waals surface area (Å²) in [5, 5.41) is 2.77. The van der Waals surface area contributed by atoms with E-state index in [1.54, 1.807) is 0 Å². The van der Waals surface area contributed by atoms with Crippen LogP contribution in [0.3, 0.4) is 0 Å². The Kier molecular flexibility index (Phi) is 16.5. The van der Waals surface area contributed by atoms with E-state index in [-0.39, 0.29) is 5.91 Å². The quantitative estimate of drug-likeness (QED) is 0.188. The monoisotopic (exact) mass is 354 g/mol. The van der Waals surface area contributed by atoms with Crippen LogP contribution in [0.1, 0.15) is 90.9 Å². The topological polar surface area (TPSA) is 81.4 Å². The van der Waals surface area contributed by atoms with Crippen molar-refractivity contribution in [3.05, 3.63) is 12.2 Å². The Morgan fingerprint density at radius 1 is 0.880 bits per heavy atom. The molecule has 0 bridgehead atoms. The molecule has 0 saturated carbocycles. The van der Waals surface area contributed by atoms with Gasteiger partial charge in [0.05, 0.1) is 0 Å². The lowest BCUT2D eigenvalue weighted by Gasteiger charge is -2.11. The highest BCUT2D eigenvalue weighted by Gasteiger charge is 2.07. The number of esters is 1. The second kappa shape index (κ2) is 17.5. The minimum absolute atomic E-state index is 0.265. The van der Waals surface area contributed by atoms with E-state index in [4.69, 9.17) is 10.5 Å². The number of ether oxygens (including phenoxy) is 1. The molecule has 0 rings (SSSR count). The van der Waals surface area contributed by atoms with E-state index in [1.807, 2.05) is 0 Å². The highest BCUT2D eigenvalue weighted by molar-refractivity contribution is 5.94. The summed E-state index contributed by atoms with van der Waals surface area (Å²) in [5.41, 5.74) is 5.77. The molecule has 3 N–H and O–H groups in total. The maximum Gasteiger partial charge on any atom is 0.332 e. The molecule has 1 unspecified atom stereocenters. The fraction of sp³-hybridized carbons (Fsp3) is 0.800. The summed E-state index contributed by atoms with van der Waals surface area (Å²) in [6.07, 6.45) is 15.2. The Morgan fingerprint density at radius 2 is 1.44 bits per heavy atom. The molecular formula is C20H38N2O3. The molecule has 0 aromatic heterocycles. The lowest BCUT2D eigenvalue weighted by molar-refractivity contribution is -0.143. The number of nitrogens with two attached hydrogens (primary N) is 1. The van der Waals surface area contributed by atoms with Gasteiger partial charge in [0.2, 0.25) is 5.91 Å². The highest BCUT2D eigenvalue weighted by atomic mass is 16.6. The van der Waals surface area contributed by atoms with Gasteiger partial charge < -0.3 is 10.1 Å². The normalized spacial score (nSPS) is 12.3. The van der Waals surface area contributed by atoms with Crippen molar-refractivity contribution >= 4 is 11.9 Å². The van der Waals surface area contributed by atoms with Crippen molar-refractivity contribution in [3.8, 4) is 0 Å². The van der Waals surface area contributed by atoms with Gasteiger partial charge in [-0.1, -0.05) is 71.6 Å². The number of unbranched alkanes of at least 4 members (excludes halogenated alkanes) is 9. The third-order valence-electron chi connectivity index (χ3n) is 4.06. The van der Waals surface area contributed by atoms with E-state index in [2.05, 4.69) is 19.2 Å². The van der Waals surface area contributed by atoms with Crippen LogP contribution in [-0.2, 0) is 14.3 Å². The first-order valence-corrected chi connectivity index (χ1v) is 10.0. The zero-order valence-electron chi connectivity index (χ0n) is 16.2. The summed E-state index contributed by atoms with van der Waals surface area (Å²) in [4.78, 5) is 23.2. The van der Waals surface area contributed by atoms with Crippen LogP contribution in [0, 0.1) is 0 Å². The van der Waals surface area contributed by atoms with Crippen molar-refractivity contribution in [2.24, 2.45) is 5.73 Å². The van der Waals surface area contributed by atoms with Crippen LogP contribution in [0.4, 0.5) is 0 Å². The molecule has 0 aromatic carbocycles. The number of carbonyl (C=O) groups excluding carboxylic acids is 2. The van der Waals surface area contributed by atoms with Gasteiger partial charge in [-0.2, -0.15) is 0 Å². The summed E-state index contributed by atoms with van der Waals surface area (Å²) in [6, 6.07) is 0. The van der Waals surface area contributed by atoms with Crippen LogP contribution in [-0.4, -0.2) is 24.6 Å². The zero-order chi connectivity index (χ0) is 18.8. The second-order valence-electron chi connectivity index (χ2n) is 6.57. The molecule has 0 aliphatic heterocycles. The highest BCUT2D eigenvalue weighted by Crippen LogP contribution is 2.07. The summed E-state index contributed by atoms with van der Waals surface area (Å²) in [5.74, 6) is -0.825. The van der Waals surface area contributed by atoms with Crippen molar-refractivity contribution in [3.63, 3.8) is 0 Å². The smallest absolute Gasteiger partial charge is 0.332 e. The Morgan fingerprint density at radius 3 is 2.08 bits per heavy atom. The van der Waals surface area contributed by atoms with E-state index >= 15 is 0 Å².